The van der Waals surface area contributed by atoms with Crippen LogP contribution in [-0.2, 0) is 21.0 Å². The van der Waals surface area contributed by atoms with Crippen molar-refractivity contribution in [3.05, 3.63) is 75.4 Å². The highest BCUT2D eigenvalue weighted by Crippen LogP contribution is 2.30. The molecule has 0 aliphatic heterocycles. The monoisotopic (exact) mass is 583 g/mol. The number of benzene rings is 1. The van der Waals surface area contributed by atoms with Gasteiger partial charge in [-0.15, -0.1) is 0 Å². The number of nitrogens with zero attached hydrogens (tertiary/aromatic N) is 3. The third-order valence-electron chi connectivity index (χ3n) is 5.76. The second kappa shape index (κ2) is 10.7. The smallest absolute Gasteiger partial charge is 0.333 e. The summed E-state index contributed by atoms with van der Waals surface area (Å²) in [6, 6.07) is 7.13. The van der Waals surface area contributed by atoms with Gasteiger partial charge in [-0.25, -0.2) is 15.1 Å². The van der Waals surface area contributed by atoms with Crippen molar-refractivity contribution < 1.29 is 22.5 Å². The molecule has 2 aromatic heterocycles. The van der Waals surface area contributed by atoms with Crippen molar-refractivity contribution in [3.63, 3.8) is 0 Å². The minimum absolute atomic E-state index is 0.217. The zero-order valence-electron chi connectivity index (χ0n) is 18.3. The van der Waals surface area contributed by atoms with Crippen molar-refractivity contribution in [2.75, 3.05) is 11.9 Å². The van der Waals surface area contributed by atoms with E-state index in [1.165, 1.54) is 12.5 Å². The Balaban J connectivity index is 1.44. The number of carbonyl (C=O) groups is 1. The average molecular weight is 585 g/mol. The van der Waals surface area contributed by atoms with E-state index in [-0.39, 0.29) is 18.4 Å². The van der Waals surface area contributed by atoms with Crippen LogP contribution in [0.1, 0.15) is 34.3 Å². The van der Waals surface area contributed by atoms with Crippen LogP contribution in [-0.4, -0.2) is 52.6 Å². The fourth-order valence-corrected chi connectivity index (χ4v) is 4.97. The molecule has 3 unspecified atom stereocenters. The van der Waals surface area contributed by atoms with Crippen molar-refractivity contribution in [2.45, 2.75) is 31.5 Å². The van der Waals surface area contributed by atoms with E-state index in [1.54, 1.807) is 18.3 Å². The number of rotatable bonds is 9. The standard InChI is InChI=1S/C22H23BrClN5O5S/c23-18-5-13(1-2-19(18)24)9-29-4-3-14(10-29)21(31)17-8-26-12-27-22(17)28-16-6-15(20(30)7-16)11-34-35(25,32)33/h1-5,8,10,12,15-16,20,30H,6-7,9,11H2,(H2,25,32,33)(H,26,27,28). The third-order valence-corrected chi connectivity index (χ3v) is 7.44. The van der Waals surface area contributed by atoms with Crippen LogP contribution in [0.25, 0.3) is 0 Å². The molecule has 4 N–H and O–H groups in total. The maximum atomic E-state index is 13.2. The molecule has 0 spiro atoms. The van der Waals surface area contributed by atoms with Crippen LogP contribution < -0.4 is 10.5 Å². The van der Waals surface area contributed by atoms with Gasteiger partial charge in [0, 0.05) is 47.1 Å². The Hall–Kier alpha value is -2.35. The molecule has 2 heterocycles. The maximum absolute atomic E-state index is 13.2. The first kappa shape index (κ1) is 25.7. The zero-order valence-corrected chi connectivity index (χ0v) is 21.5. The van der Waals surface area contributed by atoms with E-state index in [0.29, 0.717) is 41.4 Å². The van der Waals surface area contributed by atoms with Gasteiger partial charge >= 0.3 is 10.3 Å². The summed E-state index contributed by atoms with van der Waals surface area (Å²) in [5.41, 5.74) is 1.78. The molecule has 1 fully saturated rings. The Kier molecular flexibility index (Phi) is 7.89. The highest BCUT2D eigenvalue weighted by Gasteiger charge is 2.34. The second-order valence-corrected chi connectivity index (χ2v) is 10.8. The molecule has 0 bridgehead atoms. The van der Waals surface area contributed by atoms with Crippen molar-refractivity contribution in [3.8, 4) is 0 Å². The second-order valence-electron chi connectivity index (χ2n) is 8.35. The van der Waals surface area contributed by atoms with E-state index < -0.39 is 22.3 Å². The number of hydrogen-bond acceptors (Lipinski definition) is 8. The van der Waals surface area contributed by atoms with E-state index in [4.69, 9.17) is 16.7 Å². The molecule has 1 aliphatic rings. The van der Waals surface area contributed by atoms with Gasteiger partial charge in [-0.3, -0.25) is 8.98 Å². The lowest BCUT2D eigenvalue weighted by atomic mass is 10.1. The van der Waals surface area contributed by atoms with Gasteiger partial charge in [-0.2, -0.15) is 8.42 Å². The lowest BCUT2D eigenvalue weighted by molar-refractivity contribution is 0.101. The predicted molar refractivity (Wildman–Crippen MR) is 133 cm³/mol. The number of anilines is 1. The van der Waals surface area contributed by atoms with E-state index in [2.05, 4.69) is 35.4 Å². The normalized spacial score (nSPS) is 20.2. The maximum Gasteiger partial charge on any atom is 0.333 e. The molecule has 4 rings (SSSR count). The summed E-state index contributed by atoms with van der Waals surface area (Å²) < 4.78 is 29.4. The first-order valence-electron chi connectivity index (χ1n) is 10.6. The van der Waals surface area contributed by atoms with Gasteiger partial charge < -0.3 is 15.0 Å². The summed E-state index contributed by atoms with van der Waals surface area (Å²) in [6.45, 7) is 0.340. The van der Waals surface area contributed by atoms with Crippen molar-refractivity contribution in [1.29, 1.82) is 0 Å². The van der Waals surface area contributed by atoms with Gasteiger partial charge in [0.2, 0.25) is 0 Å². The molecule has 0 saturated heterocycles. The van der Waals surface area contributed by atoms with Crippen LogP contribution in [0.5, 0.6) is 0 Å². The van der Waals surface area contributed by atoms with Crippen LogP contribution in [0.4, 0.5) is 5.82 Å². The summed E-state index contributed by atoms with van der Waals surface area (Å²) in [7, 11) is -4.09. The zero-order chi connectivity index (χ0) is 25.2. The highest BCUT2D eigenvalue weighted by molar-refractivity contribution is 9.10. The first-order chi connectivity index (χ1) is 16.6. The Morgan fingerprint density at radius 2 is 2.14 bits per heavy atom. The molecule has 186 valence electrons. The molecule has 0 radical (unpaired) electrons. The number of carbonyl (C=O) groups excluding carboxylic acids is 1. The predicted octanol–water partition coefficient (Wildman–Crippen LogP) is 2.74. The summed E-state index contributed by atoms with van der Waals surface area (Å²) in [5, 5.41) is 19.0. The van der Waals surface area contributed by atoms with Crippen LogP contribution in [0.2, 0.25) is 5.02 Å². The van der Waals surface area contributed by atoms with Crippen LogP contribution in [0.15, 0.2) is 53.7 Å². The molecular formula is C22H23BrClN5O5S. The largest absolute Gasteiger partial charge is 0.393 e. The number of aliphatic hydroxyl groups is 1. The van der Waals surface area contributed by atoms with Crippen LogP contribution >= 0.6 is 27.5 Å². The lowest BCUT2D eigenvalue weighted by Crippen LogP contribution is -2.24. The number of nitrogens with two attached hydrogens (primary N) is 1. The molecule has 1 saturated carbocycles. The van der Waals surface area contributed by atoms with Crippen LogP contribution in [0, 0.1) is 5.92 Å². The molecular weight excluding hydrogens is 562 g/mol. The van der Waals surface area contributed by atoms with Gasteiger partial charge in [0.05, 0.1) is 23.3 Å². The number of nitrogens with one attached hydrogen (secondary N) is 1. The summed E-state index contributed by atoms with van der Waals surface area (Å²) in [6.07, 6.45) is 6.31. The molecule has 1 aromatic carbocycles. The number of hydrogen-bond donors (Lipinski definition) is 3. The van der Waals surface area contributed by atoms with Crippen LogP contribution in [0.3, 0.4) is 0 Å². The molecule has 10 nitrogen and oxygen atoms in total. The number of halogens is 2. The summed E-state index contributed by atoms with van der Waals surface area (Å²) >= 11 is 9.47. The van der Waals surface area contributed by atoms with E-state index in [9.17, 15) is 18.3 Å². The first-order valence-corrected chi connectivity index (χ1v) is 13.3. The Labute approximate surface area is 215 Å². The van der Waals surface area contributed by atoms with E-state index in [0.717, 1.165) is 10.0 Å². The van der Waals surface area contributed by atoms with Crippen molar-refractivity contribution in [1.82, 2.24) is 14.5 Å². The number of aromatic nitrogens is 3. The highest BCUT2D eigenvalue weighted by atomic mass is 79.9. The molecule has 3 atom stereocenters. The Bertz CT molecular complexity index is 1340. The van der Waals surface area contributed by atoms with Gasteiger partial charge in [0.25, 0.3) is 0 Å². The minimum atomic E-state index is -4.09. The number of aliphatic hydroxyl groups excluding tert-OH is 1. The fraction of sp³-hybridized carbons (Fsp3) is 0.318. The summed E-state index contributed by atoms with van der Waals surface area (Å²) in [5.74, 6) is -0.338. The molecule has 35 heavy (non-hydrogen) atoms. The average Bonchev–Trinajstić information content (AvgIpc) is 3.40. The van der Waals surface area contributed by atoms with E-state index >= 15 is 0 Å². The summed E-state index contributed by atoms with van der Waals surface area (Å²) in [4.78, 5) is 21.5. The SMILES string of the molecule is NS(=O)(=O)OCC1CC(Nc2ncncc2C(=O)c2ccn(Cc3ccc(Cl)c(Br)c3)c2)CC1O. The number of ketones is 1. The quantitative estimate of drug-likeness (QED) is 0.325. The van der Waals surface area contributed by atoms with E-state index in [1.807, 2.05) is 22.9 Å². The van der Waals surface area contributed by atoms with Gasteiger partial charge in [-0.05, 0) is 52.5 Å². The van der Waals surface area contributed by atoms with Gasteiger partial charge in [0.1, 0.15) is 12.1 Å². The Morgan fingerprint density at radius 3 is 2.89 bits per heavy atom. The topological polar surface area (TPSA) is 149 Å². The van der Waals surface area contributed by atoms with Gasteiger partial charge in [-0.1, -0.05) is 17.7 Å². The van der Waals surface area contributed by atoms with Crippen molar-refractivity contribution >= 4 is 49.4 Å². The molecule has 1 aliphatic carbocycles. The Morgan fingerprint density at radius 1 is 1.34 bits per heavy atom. The third kappa shape index (κ3) is 6.66. The molecule has 3 aromatic rings. The van der Waals surface area contributed by atoms with Gasteiger partial charge in [0.15, 0.2) is 5.78 Å². The molecule has 13 heteroatoms. The fourth-order valence-electron chi connectivity index (χ4n) is 4.06. The minimum Gasteiger partial charge on any atom is -0.393 e. The van der Waals surface area contributed by atoms with Crippen molar-refractivity contribution in [2.24, 2.45) is 11.1 Å². The molecule has 0 amide bonds. The lowest BCUT2D eigenvalue weighted by Gasteiger charge is -2.15.